The number of nitrogens with zero attached hydrogens (tertiary/aromatic N) is 2. The summed E-state index contributed by atoms with van der Waals surface area (Å²) in [5.41, 5.74) is 4.61. The number of sulfone groups is 1. The van der Waals surface area contributed by atoms with E-state index in [0.717, 1.165) is 24.4 Å². The van der Waals surface area contributed by atoms with Crippen molar-refractivity contribution in [3.05, 3.63) is 17.5 Å². The van der Waals surface area contributed by atoms with Gasteiger partial charge in [-0.25, -0.2) is 8.42 Å². The first kappa shape index (κ1) is 15.1. The monoisotopic (exact) mass is 274 g/mol. The van der Waals surface area contributed by atoms with Crippen molar-refractivity contribution in [2.75, 3.05) is 12.0 Å². The van der Waals surface area contributed by atoms with Crippen molar-refractivity contribution in [2.24, 2.45) is 5.84 Å². The fourth-order valence-electron chi connectivity index (χ4n) is 1.84. The normalized spacial score (nSPS) is 13.8. The lowest BCUT2D eigenvalue weighted by molar-refractivity contribution is 0.479. The minimum Gasteiger partial charge on any atom is -0.271 e. The SMILES string of the molecule is CCc1cc(C(CCS(C)(=O)=O)NN)n(CC)n1. The van der Waals surface area contributed by atoms with E-state index >= 15 is 0 Å². The summed E-state index contributed by atoms with van der Waals surface area (Å²) in [6.45, 7) is 4.78. The van der Waals surface area contributed by atoms with Gasteiger partial charge in [0.25, 0.3) is 0 Å². The van der Waals surface area contributed by atoms with Crippen LogP contribution in [0.4, 0.5) is 0 Å². The van der Waals surface area contributed by atoms with E-state index in [0.29, 0.717) is 6.42 Å². The average molecular weight is 274 g/mol. The number of hydrogen-bond acceptors (Lipinski definition) is 5. The molecule has 6 nitrogen and oxygen atoms in total. The molecule has 0 aliphatic carbocycles. The topological polar surface area (TPSA) is 90.0 Å². The number of nitrogens with two attached hydrogens (primary N) is 1. The third-order valence-electron chi connectivity index (χ3n) is 2.86. The van der Waals surface area contributed by atoms with Crippen LogP contribution in [0.15, 0.2) is 6.07 Å². The van der Waals surface area contributed by atoms with Crippen LogP contribution in [0.2, 0.25) is 0 Å². The highest BCUT2D eigenvalue weighted by Crippen LogP contribution is 2.18. The lowest BCUT2D eigenvalue weighted by Gasteiger charge is -2.16. The molecule has 7 heteroatoms. The van der Waals surface area contributed by atoms with Crippen LogP contribution in [0.25, 0.3) is 0 Å². The molecule has 1 aromatic heterocycles. The first-order valence-electron chi connectivity index (χ1n) is 6.11. The Labute approximate surface area is 108 Å². The maximum absolute atomic E-state index is 11.2. The Kier molecular flexibility index (Phi) is 5.30. The fraction of sp³-hybridized carbons (Fsp3) is 0.727. The lowest BCUT2D eigenvalue weighted by atomic mass is 10.1. The molecular weight excluding hydrogens is 252 g/mol. The zero-order chi connectivity index (χ0) is 13.8. The van der Waals surface area contributed by atoms with E-state index in [1.807, 2.05) is 24.6 Å². The summed E-state index contributed by atoms with van der Waals surface area (Å²) in [5, 5.41) is 4.43. The Balaban J connectivity index is 2.90. The summed E-state index contributed by atoms with van der Waals surface area (Å²) >= 11 is 0. The molecular formula is C11H22N4O2S. The predicted molar refractivity (Wildman–Crippen MR) is 71.7 cm³/mol. The van der Waals surface area contributed by atoms with Crippen LogP contribution >= 0.6 is 0 Å². The van der Waals surface area contributed by atoms with Crippen LogP contribution in [-0.2, 0) is 22.8 Å². The highest BCUT2D eigenvalue weighted by Gasteiger charge is 2.18. The molecule has 18 heavy (non-hydrogen) atoms. The average Bonchev–Trinajstić information content (AvgIpc) is 2.72. The minimum absolute atomic E-state index is 0.109. The summed E-state index contributed by atoms with van der Waals surface area (Å²) in [6, 6.07) is 1.79. The Morgan fingerprint density at radius 1 is 1.50 bits per heavy atom. The summed E-state index contributed by atoms with van der Waals surface area (Å²) in [6.07, 6.45) is 2.53. The van der Waals surface area contributed by atoms with Gasteiger partial charge in [0, 0.05) is 12.8 Å². The second-order valence-electron chi connectivity index (χ2n) is 4.37. The van der Waals surface area contributed by atoms with E-state index < -0.39 is 9.84 Å². The van der Waals surface area contributed by atoms with Crippen LogP contribution in [0.1, 0.15) is 37.7 Å². The molecule has 0 saturated carbocycles. The van der Waals surface area contributed by atoms with Gasteiger partial charge in [0.2, 0.25) is 0 Å². The van der Waals surface area contributed by atoms with Crippen LogP contribution in [0, 0.1) is 0 Å². The minimum atomic E-state index is -2.98. The molecule has 0 bridgehead atoms. The van der Waals surface area contributed by atoms with E-state index in [-0.39, 0.29) is 11.8 Å². The number of rotatable bonds is 7. The van der Waals surface area contributed by atoms with E-state index in [1.54, 1.807) is 0 Å². The Hall–Kier alpha value is -0.920. The fourth-order valence-corrected chi connectivity index (χ4v) is 2.51. The van der Waals surface area contributed by atoms with Crippen molar-refractivity contribution < 1.29 is 8.42 Å². The third kappa shape index (κ3) is 4.08. The molecule has 0 aromatic carbocycles. The molecule has 0 aliphatic rings. The smallest absolute Gasteiger partial charge is 0.147 e. The number of aromatic nitrogens is 2. The second-order valence-corrected chi connectivity index (χ2v) is 6.63. The first-order chi connectivity index (χ1) is 8.41. The third-order valence-corrected chi connectivity index (χ3v) is 3.84. The van der Waals surface area contributed by atoms with Crippen LogP contribution in [0.3, 0.4) is 0 Å². The number of nitrogens with one attached hydrogen (secondary N) is 1. The predicted octanol–water partition coefficient (Wildman–Crippen LogP) is 0.404. The molecule has 1 rings (SSSR count). The van der Waals surface area contributed by atoms with Gasteiger partial charge in [0.15, 0.2) is 0 Å². The largest absolute Gasteiger partial charge is 0.271 e. The van der Waals surface area contributed by atoms with Crippen molar-refractivity contribution in [3.8, 4) is 0 Å². The van der Waals surface area contributed by atoms with Crippen LogP contribution < -0.4 is 11.3 Å². The zero-order valence-corrected chi connectivity index (χ0v) is 12.0. The number of aryl methyl sites for hydroxylation is 2. The standard InChI is InChI=1S/C11H22N4O2S/c1-4-9-8-11(15(5-2)14-9)10(13-12)6-7-18(3,16)17/h8,10,13H,4-7,12H2,1-3H3. The van der Waals surface area contributed by atoms with Gasteiger partial charge in [-0.1, -0.05) is 6.92 Å². The second kappa shape index (κ2) is 6.31. The van der Waals surface area contributed by atoms with Gasteiger partial charge in [0.05, 0.1) is 23.2 Å². The van der Waals surface area contributed by atoms with Gasteiger partial charge in [-0.3, -0.25) is 16.0 Å². The van der Waals surface area contributed by atoms with E-state index in [4.69, 9.17) is 5.84 Å². The molecule has 1 heterocycles. The van der Waals surface area contributed by atoms with Crippen molar-refractivity contribution in [1.82, 2.24) is 15.2 Å². The van der Waals surface area contributed by atoms with Crippen molar-refractivity contribution >= 4 is 9.84 Å². The molecule has 1 aromatic rings. The van der Waals surface area contributed by atoms with Gasteiger partial charge >= 0.3 is 0 Å². The molecule has 0 amide bonds. The van der Waals surface area contributed by atoms with Crippen LogP contribution in [-0.4, -0.2) is 30.2 Å². The lowest BCUT2D eigenvalue weighted by Crippen LogP contribution is -2.31. The van der Waals surface area contributed by atoms with Crippen molar-refractivity contribution in [3.63, 3.8) is 0 Å². The van der Waals surface area contributed by atoms with E-state index in [1.165, 1.54) is 6.26 Å². The summed E-state index contributed by atoms with van der Waals surface area (Å²) in [4.78, 5) is 0. The molecule has 3 N–H and O–H groups in total. The number of hydrazine groups is 1. The van der Waals surface area contributed by atoms with Gasteiger partial charge < -0.3 is 0 Å². The first-order valence-corrected chi connectivity index (χ1v) is 8.17. The highest BCUT2D eigenvalue weighted by molar-refractivity contribution is 7.90. The molecule has 0 spiro atoms. The van der Waals surface area contributed by atoms with E-state index in [9.17, 15) is 8.42 Å². The summed E-state index contributed by atoms with van der Waals surface area (Å²) in [5.74, 6) is 5.63. The van der Waals surface area contributed by atoms with Crippen molar-refractivity contribution in [2.45, 2.75) is 39.3 Å². The summed E-state index contributed by atoms with van der Waals surface area (Å²) in [7, 11) is -2.98. The van der Waals surface area contributed by atoms with Gasteiger partial charge in [-0.05, 0) is 25.8 Å². The summed E-state index contributed by atoms with van der Waals surface area (Å²) < 4.78 is 24.3. The maximum atomic E-state index is 11.2. The van der Waals surface area contributed by atoms with Crippen LogP contribution in [0.5, 0.6) is 0 Å². The van der Waals surface area contributed by atoms with Crippen molar-refractivity contribution in [1.29, 1.82) is 0 Å². The van der Waals surface area contributed by atoms with Gasteiger partial charge in [0.1, 0.15) is 9.84 Å². The van der Waals surface area contributed by atoms with E-state index in [2.05, 4.69) is 10.5 Å². The molecule has 0 fully saturated rings. The highest BCUT2D eigenvalue weighted by atomic mass is 32.2. The Morgan fingerprint density at radius 2 is 2.17 bits per heavy atom. The quantitative estimate of drug-likeness (QED) is 0.555. The molecule has 0 saturated heterocycles. The molecule has 104 valence electrons. The molecule has 0 aliphatic heterocycles. The Bertz CT molecular complexity index is 481. The number of hydrogen-bond donors (Lipinski definition) is 2. The molecule has 0 radical (unpaired) electrons. The maximum Gasteiger partial charge on any atom is 0.147 e. The van der Waals surface area contributed by atoms with Gasteiger partial charge in [-0.2, -0.15) is 5.10 Å². The molecule has 1 unspecified atom stereocenters. The zero-order valence-electron chi connectivity index (χ0n) is 11.2. The Morgan fingerprint density at radius 3 is 2.61 bits per heavy atom. The van der Waals surface area contributed by atoms with Gasteiger partial charge in [-0.15, -0.1) is 0 Å². The molecule has 1 atom stereocenters.